The minimum Gasteiger partial charge on any atom is -0.478 e. The van der Waals surface area contributed by atoms with Crippen molar-refractivity contribution in [2.75, 3.05) is 6.54 Å². The van der Waals surface area contributed by atoms with Crippen molar-refractivity contribution in [2.45, 2.75) is 64.8 Å². The van der Waals surface area contributed by atoms with Gasteiger partial charge in [-0.1, -0.05) is 49.2 Å². The van der Waals surface area contributed by atoms with Gasteiger partial charge >= 0.3 is 18.1 Å². The normalized spacial score (nSPS) is 15.9. The van der Waals surface area contributed by atoms with E-state index < -0.39 is 18.1 Å². The van der Waals surface area contributed by atoms with Crippen LogP contribution in [0.2, 0.25) is 10.0 Å². The number of nitrogens with zero attached hydrogens (tertiary/aromatic N) is 2. The van der Waals surface area contributed by atoms with Crippen molar-refractivity contribution in [1.82, 2.24) is 9.47 Å². The van der Waals surface area contributed by atoms with Gasteiger partial charge in [-0.15, -0.1) is 0 Å². The number of halogens is 5. The molecule has 1 fully saturated rings. The van der Waals surface area contributed by atoms with E-state index in [1.54, 1.807) is 34.9 Å². The van der Waals surface area contributed by atoms with E-state index in [1.807, 2.05) is 0 Å². The molecule has 1 aliphatic rings. The van der Waals surface area contributed by atoms with Gasteiger partial charge < -0.3 is 14.8 Å². The number of rotatable bonds is 8. The summed E-state index contributed by atoms with van der Waals surface area (Å²) in [7, 11) is 0. The third-order valence-corrected chi connectivity index (χ3v) is 6.57. The van der Waals surface area contributed by atoms with Gasteiger partial charge in [0.15, 0.2) is 0 Å². The zero-order chi connectivity index (χ0) is 27.9. The van der Waals surface area contributed by atoms with Gasteiger partial charge in [0.1, 0.15) is 5.02 Å². The second-order valence-corrected chi connectivity index (χ2v) is 10.0. The van der Waals surface area contributed by atoms with Gasteiger partial charge in [0.2, 0.25) is 0 Å². The first kappa shape index (κ1) is 30.7. The fraction of sp³-hybridized carbons (Fsp3) is 0.480. The number of hydrogen-bond donors (Lipinski definition) is 2. The number of aliphatic carboxylic acids is 1. The Kier molecular flexibility index (Phi) is 11.0. The maximum atomic E-state index is 12.8. The van der Waals surface area contributed by atoms with Crippen molar-refractivity contribution in [3.63, 3.8) is 0 Å². The first-order valence-corrected chi connectivity index (χ1v) is 12.4. The van der Waals surface area contributed by atoms with Crippen molar-refractivity contribution in [2.24, 2.45) is 5.92 Å². The molecule has 2 aromatic rings. The maximum absolute atomic E-state index is 12.8. The van der Waals surface area contributed by atoms with E-state index in [9.17, 15) is 22.8 Å². The molecule has 0 spiro atoms. The van der Waals surface area contributed by atoms with Crippen molar-refractivity contribution < 1.29 is 33.0 Å². The molecule has 1 aromatic carbocycles. The number of likely N-dealkylation sites (tertiary alicyclic amines) is 1. The van der Waals surface area contributed by atoms with Crippen molar-refractivity contribution in [3.8, 4) is 0 Å². The largest absolute Gasteiger partial charge is 0.490 e. The Morgan fingerprint density at radius 2 is 1.70 bits per heavy atom. The van der Waals surface area contributed by atoms with Crippen LogP contribution in [0.3, 0.4) is 0 Å². The third kappa shape index (κ3) is 9.05. The first-order valence-electron chi connectivity index (χ1n) is 11.6. The molecule has 0 bridgehead atoms. The lowest BCUT2D eigenvalue weighted by Crippen LogP contribution is -2.34. The highest BCUT2D eigenvalue weighted by Gasteiger charge is 2.38. The van der Waals surface area contributed by atoms with Crippen molar-refractivity contribution in [3.05, 3.63) is 67.6 Å². The van der Waals surface area contributed by atoms with Crippen LogP contribution >= 0.6 is 23.2 Å². The summed E-state index contributed by atoms with van der Waals surface area (Å²) < 4.78 is 33.4. The van der Waals surface area contributed by atoms with Crippen LogP contribution in [0.15, 0.2) is 35.1 Å². The number of carboxylic acid groups (broad SMARTS) is 2. The zero-order valence-electron chi connectivity index (χ0n) is 20.4. The van der Waals surface area contributed by atoms with Gasteiger partial charge in [-0.3, -0.25) is 9.69 Å². The molecule has 12 heteroatoms. The maximum Gasteiger partial charge on any atom is 0.490 e. The molecule has 0 radical (unpaired) electrons. The highest BCUT2D eigenvalue weighted by atomic mass is 35.5. The Balaban J connectivity index is 0.000000604. The summed E-state index contributed by atoms with van der Waals surface area (Å²) >= 11 is 12.7. The molecule has 0 unspecified atom stereocenters. The third-order valence-electron chi connectivity index (χ3n) is 5.97. The predicted molar refractivity (Wildman–Crippen MR) is 134 cm³/mol. The standard InChI is InChI=1S/C23H28Cl2N2O3.C2HF3O2/c1-15(2)12-18-4-3-10-26(18)14-21-19(24)13-20(25)22(28)27(21)11-9-16-5-7-17(8-6-16)23(29)30;3-2(4,5)1(6)7/h5-8,13,15,18H,3-4,9-12,14H2,1-2H3,(H,29,30);(H,6,7)/t18-;/m1./s1. The Morgan fingerprint density at radius 1 is 1.11 bits per heavy atom. The summed E-state index contributed by atoms with van der Waals surface area (Å²) in [5.41, 5.74) is 1.75. The first-order chi connectivity index (χ1) is 17.2. The lowest BCUT2D eigenvalue weighted by atomic mass is 10.0. The molecule has 2 heterocycles. The summed E-state index contributed by atoms with van der Waals surface area (Å²) in [5.74, 6) is -3.09. The molecular formula is C25H29Cl2F3N2O5. The Labute approximate surface area is 222 Å². The van der Waals surface area contributed by atoms with Crippen LogP contribution in [-0.2, 0) is 24.3 Å². The van der Waals surface area contributed by atoms with Crippen LogP contribution in [0, 0.1) is 5.92 Å². The molecule has 1 aromatic heterocycles. The molecule has 2 N–H and O–H groups in total. The molecule has 3 rings (SSSR count). The van der Waals surface area contributed by atoms with Gasteiger partial charge in [-0.25, -0.2) is 9.59 Å². The fourth-order valence-electron chi connectivity index (χ4n) is 4.20. The quantitative estimate of drug-likeness (QED) is 0.424. The number of alkyl halides is 3. The van der Waals surface area contributed by atoms with E-state index in [2.05, 4.69) is 18.7 Å². The monoisotopic (exact) mass is 564 g/mol. The molecule has 7 nitrogen and oxygen atoms in total. The molecule has 0 amide bonds. The number of benzene rings is 1. The topological polar surface area (TPSA) is 99.8 Å². The predicted octanol–water partition coefficient (Wildman–Crippen LogP) is 5.74. The molecule has 1 aliphatic heterocycles. The van der Waals surface area contributed by atoms with E-state index in [0.29, 0.717) is 36.5 Å². The SMILES string of the molecule is CC(C)C[C@H]1CCCN1Cc1c(Cl)cc(Cl)c(=O)n1CCc1ccc(C(=O)O)cc1.O=C(O)C(F)(F)F. The second-order valence-electron chi connectivity index (χ2n) is 9.19. The summed E-state index contributed by atoms with van der Waals surface area (Å²) in [6, 6.07) is 8.76. The minimum atomic E-state index is -5.08. The van der Waals surface area contributed by atoms with Crippen LogP contribution in [0.5, 0.6) is 0 Å². The average Bonchev–Trinajstić information content (AvgIpc) is 3.23. The number of aromatic carboxylic acids is 1. The fourth-order valence-corrected chi connectivity index (χ4v) is 4.73. The Bertz CT molecular complexity index is 1150. The smallest absolute Gasteiger partial charge is 0.478 e. The van der Waals surface area contributed by atoms with Gasteiger partial charge in [0.05, 0.1) is 16.3 Å². The van der Waals surface area contributed by atoms with Gasteiger partial charge in [0, 0.05) is 19.1 Å². The number of pyridine rings is 1. The van der Waals surface area contributed by atoms with Crippen LogP contribution in [-0.4, -0.2) is 50.4 Å². The van der Waals surface area contributed by atoms with E-state index >= 15 is 0 Å². The highest BCUT2D eigenvalue weighted by molar-refractivity contribution is 6.34. The number of carboxylic acids is 2. The van der Waals surface area contributed by atoms with E-state index in [4.69, 9.17) is 38.2 Å². The molecule has 0 aliphatic carbocycles. The number of hydrogen-bond acceptors (Lipinski definition) is 4. The lowest BCUT2D eigenvalue weighted by molar-refractivity contribution is -0.192. The molecule has 37 heavy (non-hydrogen) atoms. The van der Waals surface area contributed by atoms with Crippen molar-refractivity contribution >= 4 is 35.1 Å². The summed E-state index contributed by atoms with van der Waals surface area (Å²) in [6.07, 6.45) is -1.05. The summed E-state index contributed by atoms with van der Waals surface area (Å²) in [5, 5.41) is 16.8. The summed E-state index contributed by atoms with van der Waals surface area (Å²) in [6.45, 7) is 6.53. The van der Waals surface area contributed by atoms with Crippen LogP contribution in [0.25, 0.3) is 0 Å². The van der Waals surface area contributed by atoms with Gasteiger partial charge in [0.25, 0.3) is 5.56 Å². The number of aromatic nitrogens is 1. The highest BCUT2D eigenvalue weighted by Crippen LogP contribution is 2.28. The Hall–Kier alpha value is -2.56. The van der Waals surface area contributed by atoms with Crippen LogP contribution in [0.4, 0.5) is 13.2 Å². The van der Waals surface area contributed by atoms with Crippen molar-refractivity contribution in [1.29, 1.82) is 0 Å². The Morgan fingerprint density at radius 3 is 2.22 bits per heavy atom. The van der Waals surface area contributed by atoms with E-state index in [-0.39, 0.29) is 16.1 Å². The van der Waals surface area contributed by atoms with E-state index in [0.717, 1.165) is 30.6 Å². The summed E-state index contributed by atoms with van der Waals surface area (Å²) in [4.78, 5) is 35.2. The molecule has 1 saturated heterocycles. The molecule has 0 saturated carbocycles. The molecular weight excluding hydrogens is 536 g/mol. The average molecular weight is 565 g/mol. The van der Waals surface area contributed by atoms with Gasteiger partial charge in [-0.2, -0.15) is 13.2 Å². The second kappa shape index (κ2) is 13.3. The molecule has 1 atom stereocenters. The molecule has 204 valence electrons. The van der Waals surface area contributed by atoms with E-state index in [1.165, 1.54) is 6.42 Å². The van der Waals surface area contributed by atoms with Gasteiger partial charge in [-0.05, 0) is 61.9 Å². The zero-order valence-corrected chi connectivity index (χ0v) is 21.9. The number of carbonyl (C=O) groups is 2. The van der Waals surface area contributed by atoms with Crippen LogP contribution < -0.4 is 5.56 Å². The van der Waals surface area contributed by atoms with Crippen LogP contribution in [0.1, 0.15) is 54.7 Å². The number of aryl methyl sites for hydroxylation is 1. The lowest BCUT2D eigenvalue weighted by Gasteiger charge is -2.27. The minimum absolute atomic E-state index is 0.116.